The largest absolute Gasteiger partial charge is 0.281 e. The SMILES string of the molecule is Cc1n[nH]c(C)c1S(=O)(=O)Nc1ccc2c(c1)C(=O)N(C)C2=O. The van der Waals surface area contributed by atoms with Crippen LogP contribution in [-0.4, -0.2) is 42.4 Å². The number of hydrogen-bond donors (Lipinski definition) is 2. The third-order valence-electron chi connectivity index (χ3n) is 3.67. The first-order chi connectivity index (χ1) is 10.7. The summed E-state index contributed by atoms with van der Waals surface area (Å²) in [6.45, 7) is 3.19. The molecule has 2 aromatic rings. The molecule has 2 amide bonds. The Labute approximate surface area is 132 Å². The van der Waals surface area contributed by atoms with Crippen molar-refractivity contribution in [3.05, 3.63) is 40.7 Å². The Balaban J connectivity index is 2.00. The normalized spacial score (nSPS) is 14.3. The number of benzene rings is 1. The molecule has 0 fully saturated rings. The molecular formula is C14H14N4O4S. The molecule has 0 radical (unpaired) electrons. The zero-order chi connectivity index (χ0) is 16.9. The molecular weight excluding hydrogens is 320 g/mol. The van der Waals surface area contributed by atoms with E-state index in [1.165, 1.54) is 25.2 Å². The number of rotatable bonds is 3. The smallest absolute Gasteiger partial charge is 0.265 e. The van der Waals surface area contributed by atoms with Gasteiger partial charge in [-0.3, -0.25) is 24.3 Å². The van der Waals surface area contributed by atoms with Crippen LogP contribution in [0.4, 0.5) is 5.69 Å². The number of carbonyl (C=O) groups excluding carboxylic acids is 2. The highest BCUT2D eigenvalue weighted by Crippen LogP contribution is 2.27. The van der Waals surface area contributed by atoms with Crippen LogP contribution in [0, 0.1) is 13.8 Å². The summed E-state index contributed by atoms with van der Waals surface area (Å²) >= 11 is 0. The van der Waals surface area contributed by atoms with Gasteiger partial charge in [0, 0.05) is 12.7 Å². The number of nitrogens with zero attached hydrogens (tertiary/aromatic N) is 2. The molecule has 0 atom stereocenters. The fourth-order valence-corrected chi connectivity index (χ4v) is 3.99. The van der Waals surface area contributed by atoms with Crippen LogP contribution in [0.15, 0.2) is 23.1 Å². The lowest BCUT2D eigenvalue weighted by Gasteiger charge is -2.09. The van der Waals surface area contributed by atoms with Crippen molar-refractivity contribution in [3.63, 3.8) is 0 Å². The van der Waals surface area contributed by atoms with Gasteiger partial charge in [0.15, 0.2) is 0 Å². The average molecular weight is 334 g/mol. The maximum Gasteiger partial charge on any atom is 0.265 e. The Kier molecular flexibility index (Phi) is 3.25. The number of aromatic amines is 1. The molecule has 0 unspecified atom stereocenters. The third kappa shape index (κ3) is 2.29. The first kappa shape index (κ1) is 15.2. The van der Waals surface area contributed by atoms with E-state index in [4.69, 9.17) is 0 Å². The number of carbonyl (C=O) groups is 2. The van der Waals surface area contributed by atoms with Crippen molar-refractivity contribution in [2.75, 3.05) is 11.8 Å². The molecule has 1 aliphatic rings. The second-order valence-corrected chi connectivity index (χ2v) is 6.92. The van der Waals surface area contributed by atoms with E-state index in [0.29, 0.717) is 11.4 Å². The molecule has 0 bridgehead atoms. The topological polar surface area (TPSA) is 112 Å². The Bertz CT molecular complexity index is 926. The first-order valence-electron chi connectivity index (χ1n) is 6.73. The minimum Gasteiger partial charge on any atom is -0.281 e. The quantitative estimate of drug-likeness (QED) is 0.815. The van der Waals surface area contributed by atoms with Crippen molar-refractivity contribution in [2.45, 2.75) is 18.7 Å². The second-order valence-electron chi connectivity index (χ2n) is 5.30. The monoisotopic (exact) mass is 334 g/mol. The molecule has 1 aliphatic heterocycles. The van der Waals surface area contributed by atoms with Gasteiger partial charge in [0.1, 0.15) is 4.90 Å². The van der Waals surface area contributed by atoms with Crippen molar-refractivity contribution in [1.82, 2.24) is 15.1 Å². The van der Waals surface area contributed by atoms with Gasteiger partial charge in [0.05, 0.1) is 22.5 Å². The van der Waals surface area contributed by atoms with Crippen molar-refractivity contribution < 1.29 is 18.0 Å². The maximum atomic E-state index is 12.5. The zero-order valence-corrected chi connectivity index (χ0v) is 13.5. The third-order valence-corrected chi connectivity index (χ3v) is 5.31. The summed E-state index contributed by atoms with van der Waals surface area (Å²) in [7, 11) is -2.47. The lowest BCUT2D eigenvalue weighted by molar-refractivity contribution is 0.0693. The van der Waals surface area contributed by atoms with Crippen LogP contribution in [-0.2, 0) is 10.0 Å². The molecule has 23 heavy (non-hydrogen) atoms. The second kappa shape index (κ2) is 4.92. The number of hydrogen-bond acceptors (Lipinski definition) is 5. The summed E-state index contributed by atoms with van der Waals surface area (Å²) in [6, 6.07) is 4.25. The van der Waals surface area contributed by atoms with Crippen LogP contribution in [0.5, 0.6) is 0 Å². The number of aromatic nitrogens is 2. The molecule has 3 rings (SSSR count). The molecule has 0 saturated heterocycles. The molecule has 8 nitrogen and oxygen atoms in total. The van der Waals surface area contributed by atoms with Gasteiger partial charge in [0.25, 0.3) is 21.8 Å². The Morgan fingerprint density at radius 3 is 2.39 bits per heavy atom. The van der Waals surface area contributed by atoms with E-state index in [-0.39, 0.29) is 21.7 Å². The average Bonchev–Trinajstić information content (AvgIpc) is 2.92. The van der Waals surface area contributed by atoms with Crippen LogP contribution >= 0.6 is 0 Å². The van der Waals surface area contributed by atoms with Crippen LogP contribution in [0.25, 0.3) is 0 Å². The Morgan fingerprint density at radius 1 is 1.13 bits per heavy atom. The summed E-state index contributed by atoms with van der Waals surface area (Å²) in [6.07, 6.45) is 0. The van der Waals surface area contributed by atoms with E-state index in [2.05, 4.69) is 14.9 Å². The van der Waals surface area contributed by atoms with Gasteiger partial charge in [0.2, 0.25) is 0 Å². The van der Waals surface area contributed by atoms with Crippen LogP contribution in [0.1, 0.15) is 32.1 Å². The number of H-pyrrole nitrogens is 1. The van der Waals surface area contributed by atoms with E-state index < -0.39 is 21.8 Å². The highest BCUT2D eigenvalue weighted by atomic mass is 32.2. The first-order valence-corrected chi connectivity index (χ1v) is 8.21. The molecule has 0 saturated carbocycles. The number of fused-ring (bicyclic) bond motifs is 1. The van der Waals surface area contributed by atoms with Gasteiger partial charge in [-0.25, -0.2) is 8.42 Å². The van der Waals surface area contributed by atoms with E-state index >= 15 is 0 Å². The van der Waals surface area contributed by atoms with Crippen molar-refractivity contribution in [1.29, 1.82) is 0 Å². The fraction of sp³-hybridized carbons (Fsp3) is 0.214. The molecule has 0 spiro atoms. The summed E-state index contributed by atoms with van der Waals surface area (Å²) in [5.74, 6) is -0.859. The lowest BCUT2D eigenvalue weighted by atomic mass is 10.1. The minimum absolute atomic E-state index is 0.0671. The van der Waals surface area contributed by atoms with Gasteiger partial charge >= 0.3 is 0 Å². The van der Waals surface area contributed by atoms with E-state index in [1.54, 1.807) is 13.8 Å². The molecule has 1 aromatic heterocycles. The highest BCUT2D eigenvalue weighted by Gasteiger charge is 2.33. The van der Waals surface area contributed by atoms with Crippen LogP contribution < -0.4 is 4.72 Å². The minimum atomic E-state index is -3.85. The number of imide groups is 1. The van der Waals surface area contributed by atoms with Crippen molar-refractivity contribution in [3.8, 4) is 0 Å². The van der Waals surface area contributed by atoms with Crippen LogP contribution in [0.3, 0.4) is 0 Å². The summed E-state index contributed by atoms with van der Waals surface area (Å²) < 4.78 is 27.4. The molecule has 2 heterocycles. The number of sulfonamides is 1. The van der Waals surface area contributed by atoms with Gasteiger partial charge in [-0.1, -0.05) is 0 Å². The van der Waals surface area contributed by atoms with Crippen molar-refractivity contribution >= 4 is 27.5 Å². The predicted octanol–water partition coefficient (Wildman–Crippen LogP) is 1.05. The highest BCUT2D eigenvalue weighted by molar-refractivity contribution is 7.92. The molecule has 1 aromatic carbocycles. The number of nitrogens with one attached hydrogen (secondary N) is 2. The standard InChI is InChI=1S/C14H14N4O4S/c1-7-12(8(2)16-15-7)23(21,22)17-9-4-5-10-11(6-9)14(20)18(3)13(10)19/h4-6,17H,1-3H3,(H,15,16). The number of aryl methyl sites for hydroxylation is 2. The van der Waals surface area contributed by atoms with Crippen molar-refractivity contribution in [2.24, 2.45) is 0 Å². The maximum absolute atomic E-state index is 12.5. The van der Waals surface area contributed by atoms with Gasteiger partial charge in [-0.15, -0.1) is 0 Å². The summed E-state index contributed by atoms with van der Waals surface area (Å²) in [5.41, 5.74) is 1.42. The molecule has 0 aliphatic carbocycles. The molecule has 9 heteroatoms. The van der Waals surface area contributed by atoms with E-state index in [9.17, 15) is 18.0 Å². The predicted molar refractivity (Wildman–Crippen MR) is 81.7 cm³/mol. The summed E-state index contributed by atoms with van der Waals surface area (Å²) in [5, 5.41) is 6.48. The summed E-state index contributed by atoms with van der Waals surface area (Å²) in [4.78, 5) is 24.9. The molecule has 2 N–H and O–H groups in total. The van der Waals surface area contributed by atoms with E-state index in [0.717, 1.165) is 4.90 Å². The van der Waals surface area contributed by atoms with Gasteiger partial charge in [-0.2, -0.15) is 5.10 Å². The fourth-order valence-electron chi connectivity index (χ4n) is 2.57. The zero-order valence-electron chi connectivity index (χ0n) is 12.7. The van der Waals surface area contributed by atoms with Gasteiger partial charge < -0.3 is 0 Å². The lowest BCUT2D eigenvalue weighted by Crippen LogP contribution is -2.24. The molecule has 120 valence electrons. The van der Waals surface area contributed by atoms with Crippen LogP contribution in [0.2, 0.25) is 0 Å². The van der Waals surface area contributed by atoms with Gasteiger partial charge in [-0.05, 0) is 32.0 Å². The number of amides is 2. The Hall–Kier alpha value is -2.68. The Morgan fingerprint density at radius 2 is 1.78 bits per heavy atom. The number of anilines is 1. The van der Waals surface area contributed by atoms with E-state index in [1.807, 2.05) is 0 Å².